The van der Waals surface area contributed by atoms with Gasteiger partial charge in [0.05, 0.1) is 29.0 Å². The SMILES string of the molecule is Cc1cccnc1[C@H]1CCC[C@@H](c2ncccc2C)N1Cc1ccc(C#N)c(F)c1. The van der Waals surface area contributed by atoms with Crippen molar-refractivity contribution in [3.63, 3.8) is 0 Å². The predicted molar refractivity (Wildman–Crippen MR) is 114 cm³/mol. The second-order valence-corrected chi connectivity index (χ2v) is 7.97. The van der Waals surface area contributed by atoms with Gasteiger partial charge in [0.2, 0.25) is 0 Å². The molecule has 0 unspecified atom stereocenters. The van der Waals surface area contributed by atoms with Crippen molar-refractivity contribution in [2.24, 2.45) is 0 Å². The molecule has 0 N–H and O–H groups in total. The number of halogens is 1. The molecular formula is C25H25FN4. The Morgan fingerprint density at radius 1 is 1.00 bits per heavy atom. The normalized spacial score (nSPS) is 19.4. The van der Waals surface area contributed by atoms with E-state index in [1.807, 2.05) is 36.7 Å². The van der Waals surface area contributed by atoms with Gasteiger partial charge in [-0.3, -0.25) is 14.9 Å². The number of piperidine rings is 1. The van der Waals surface area contributed by atoms with Crippen LogP contribution in [0.2, 0.25) is 0 Å². The number of pyridine rings is 2. The molecule has 152 valence electrons. The molecule has 0 bridgehead atoms. The van der Waals surface area contributed by atoms with Crippen LogP contribution in [0, 0.1) is 31.0 Å². The fraction of sp³-hybridized carbons (Fsp3) is 0.320. The summed E-state index contributed by atoms with van der Waals surface area (Å²) in [6.45, 7) is 4.76. The Morgan fingerprint density at radius 2 is 1.60 bits per heavy atom. The Balaban J connectivity index is 1.76. The molecule has 1 aliphatic heterocycles. The van der Waals surface area contributed by atoms with Crippen molar-refractivity contribution in [1.29, 1.82) is 5.26 Å². The molecule has 0 spiro atoms. The third kappa shape index (κ3) is 3.96. The van der Waals surface area contributed by atoms with Crippen LogP contribution in [-0.4, -0.2) is 14.9 Å². The maximum Gasteiger partial charge on any atom is 0.141 e. The Bertz CT molecular complexity index is 1040. The lowest BCUT2D eigenvalue weighted by Gasteiger charge is -2.42. The van der Waals surface area contributed by atoms with Gasteiger partial charge in [-0.05, 0) is 74.1 Å². The van der Waals surface area contributed by atoms with Gasteiger partial charge in [0, 0.05) is 18.9 Å². The third-order valence-electron chi connectivity index (χ3n) is 6.01. The number of nitriles is 1. The molecule has 2 atom stereocenters. The smallest absolute Gasteiger partial charge is 0.141 e. The average molecular weight is 401 g/mol. The van der Waals surface area contributed by atoms with Crippen LogP contribution in [0.25, 0.3) is 0 Å². The lowest BCUT2D eigenvalue weighted by molar-refractivity contribution is 0.0678. The van der Waals surface area contributed by atoms with E-state index in [0.717, 1.165) is 47.3 Å². The first-order chi connectivity index (χ1) is 14.6. The van der Waals surface area contributed by atoms with E-state index in [1.165, 1.54) is 6.07 Å². The Morgan fingerprint density at radius 3 is 2.10 bits per heavy atom. The van der Waals surface area contributed by atoms with Crippen molar-refractivity contribution >= 4 is 0 Å². The van der Waals surface area contributed by atoms with Crippen LogP contribution in [-0.2, 0) is 6.54 Å². The Labute approximate surface area is 177 Å². The lowest BCUT2D eigenvalue weighted by Crippen LogP contribution is -2.37. The van der Waals surface area contributed by atoms with Gasteiger partial charge in [0.15, 0.2) is 0 Å². The molecule has 4 nitrogen and oxygen atoms in total. The van der Waals surface area contributed by atoms with Crippen LogP contribution in [0.3, 0.4) is 0 Å². The monoisotopic (exact) mass is 400 g/mol. The quantitative estimate of drug-likeness (QED) is 0.574. The number of hydrogen-bond acceptors (Lipinski definition) is 4. The minimum absolute atomic E-state index is 0.0756. The summed E-state index contributed by atoms with van der Waals surface area (Å²) in [6.07, 6.45) is 6.77. The Hall–Kier alpha value is -3.10. The largest absolute Gasteiger partial charge is 0.282 e. The standard InChI is InChI=1S/C25H25FN4/c1-17-6-4-12-28-24(17)22-8-3-9-23(25-18(2)7-5-13-29-25)30(22)16-19-10-11-20(15-27)21(26)14-19/h4-7,10-14,22-23H,3,8-9,16H2,1-2H3/t22-,23+. The zero-order chi connectivity index (χ0) is 21.1. The molecule has 1 fully saturated rings. The predicted octanol–water partition coefficient (Wildman–Crippen LogP) is 5.57. The van der Waals surface area contributed by atoms with E-state index in [2.05, 4.69) is 30.9 Å². The molecule has 1 aromatic carbocycles. The first-order valence-electron chi connectivity index (χ1n) is 10.4. The van der Waals surface area contributed by atoms with E-state index in [9.17, 15) is 4.39 Å². The molecule has 3 heterocycles. The van der Waals surface area contributed by atoms with Crippen molar-refractivity contribution in [1.82, 2.24) is 14.9 Å². The van der Waals surface area contributed by atoms with Gasteiger partial charge < -0.3 is 0 Å². The van der Waals surface area contributed by atoms with Crippen molar-refractivity contribution in [3.05, 3.63) is 94.3 Å². The maximum atomic E-state index is 14.3. The number of benzene rings is 1. The van der Waals surface area contributed by atoms with E-state index in [1.54, 1.807) is 6.07 Å². The van der Waals surface area contributed by atoms with E-state index < -0.39 is 5.82 Å². The van der Waals surface area contributed by atoms with E-state index >= 15 is 0 Å². The van der Waals surface area contributed by atoms with E-state index in [0.29, 0.717) is 6.54 Å². The summed E-state index contributed by atoms with van der Waals surface area (Å²) in [7, 11) is 0. The van der Waals surface area contributed by atoms with Crippen LogP contribution < -0.4 is 0 Å². The summed E-state index contributed by atoms with van der Waals surface area (Å²) >= 11 is 0. The molecule has 3 aromatic rings. The van der Waals surface area contributed by atoms with Gasteiger partial charge in [0.25, 0.3) is 0 Å². The molecule has 5 heteroatoms. The van der Waals surface area contributed by atoms with Crippen LogP contribution in [0.15, 0.2) is 54.9 Å². The van der Waals surface area contributed by atoms with E-state index in [-0.39, 0.29) is 17.6 Å². The van der Waals surface area contributed by atoms with Crippen molar-refractivity contribution in [2.75, 3.05) is 0 Å². The van der Waals surface area contributed by atoms with Crippen LogP contribution >= 0.6 is 0 Å². The zero-order valence-electron chi connectivity index (χ0n) is 17.3. The van der Waals surface area contributed by atoms with E-state index in [4.69, 9.17) is 15.2 Å². The highest BCUT2D eigenvalue weighted by Gasteiger charge is 2.35. The molecule has 30 heavy (non-hydrogen) atoms. The number of rotatable bonds is 4. The van der Waals surface area contributed by atoms with Gasteiger partial charge >= 0.3 is 0 Å². The van der Waals surface area contributed by atoms with Crippen molar-refractivity contribution < 1.29 is 4.39 Å². The summed E-state index contributed by atoms with van der Waals surface area (Å²) in [5, 5.41) is 9.06. The summed E-state index contributed by atoms with van der Waals surface area (Å²) in [6, 6.07) is 15.2. The number of aromatic nitrogens is 2. The fourth-order valence-corrected chi connectivity index (χ4v) is 4.51. The first-order valence-corrected chi connectivity index (χ1v) is 10.4. The number of nitrogens with zero attached hydrogens (tertiary/aromatic N) is 4. The molecule has 1 aliphatic rings. The maximum absolute atomic E-state index is 14.3. The van der Waals surface area contributed by atoms with Gasteiger partial charge in [-0.25, -0.2) is 4.39 Å². The van der Waals surface area contributed by atoms with Crippen LogP contribution in [0.1, 0.15) is 65.0 Å². The molecule has 0 amide bonds. The second-order valence-electron chi connectivity index (χ2n) is 7.97. The fourth-order valence-electron chi connectivity index (χ4n) is 4.51. The summed E-state index contributed by atoms with van der Waals surface area (Å²) in [5.74, 6) is -0.469. The average Bonchev–Trinajstić information content (AvgIpc) is 2.75. The van der Waals surface area contributed by atoms with Crippen molar-refractivity contribution in [3.8, 4) is 6.07 Å². The molecule has 0 radical (unpaired) electrons. The number of likely N-dealkylation sites (tertiary alicyclic amines) is 1. The highest BCUT2D eigenvalue weighted by Crippen LogP contribution is 2.43. The molecule has 0 saturated carbocycles. The molecule has 1 saturated heterocycles. The van der Waals surface area contributed by atoms with Crippen molar-refractivity contribution in [2.45, 2.75) is 51.7 Å². The summed E-state index contributed by atoms with van der Waals surface area (Å²) in [5.41, 5.74) is 5.40. The second kappa shape index (κ2) is 8.73. The van der Waals surface area contributed by atoms with Crippen LogP contribution in [0.5, 0.6) is 0 Å². The van der Waals surface area contributed by atoms with Gasteiger partial charge in [0.1, 0.15) is 11.9 Å². The highest BCUT2D eigenvalue weighted by atomic mass is 19.1. The van der Waals surface area contributed by atoms with Gasteiger partial charge in [-0.1, -0.05) is 18.2 Å². The highest BCUT2D eigenvalue weighted by molar-refractivity contribution is 5.34. The van der Waals surface area contributed by atoms with Gasteiger partial charge in [-0.15, -0.1) is 0 Å². The summed E-state index contributed by atoms with van der Waals surface area (Å²) in [4.78, 5) is 11.8. The minimum atomic E-state index is -0.469. The third-order valence-corrected chi connectivity index (χ3v) is 6.01. The number of aryl methyl sites for hydroxylation is 2. The molecule has 4 rings (SSSR count). The lowest BCUT2D eigenvalue weighted by atomic mass is 9.88. The Kier molecular flexibility index (Phi) is 5.87. The number of hydrogen-bond donors (Lipinski definition) is 0. The first kappa shape index (κ1) is 20.2. The van der Waals surface area contributed by atoms with Gasteiger partial charge in [-0.2, -0.15) is 5.26 Å². The molecular weight excluding hydrogens is 375 g/mol. The van der Waals surface area contributed by atoms with Crippen LogP contribution in [0.4, 0.5) is 4.39 Å². The minimum Gasteiger partial charge on any atom is -0.282 e. The molecule has 0 aliphatic carbocycles. The zero-order valence-corrected chi connectivity index (χ0v) is 17.3. The molecule has 2 aromatic heterocycles. The topological polar surface area (TPSA) is 52.8 Å². The summed E-state index contributed by atoms with van der Waals surface area (Å²) < 4.78 is 14.3.